The molecule has 1 saturated heterocycles. The maximum Gasteiger partial charge on any atom is 0.0749 e. The minimum absolute atomic E-state index is 0.0364. The van der Waals surface area contributed by atoms with Crippen molar-refractivity contribution in [1.29, 1.82) is 0 Å². The minimum Gasteiger partial charge on any atom is -0.377 e. The van der Waals surface area contributed by atoms with E-state index in [4.69, 9.17) is 4.74 Å². The van der Waals surface area contributed by atoms with E-state index in [9.17, 15) is 0 Å². The Labute approximate surface area is 87.8 Å². The van der Waals surface area contributed by atoms with Crippen molar-refractivity contribution in [2.75, 3.05) is 26.7 Å². The third-order valence-corrected chi connectivity index (χ3v) is 3.03. The van der Waals surface area contributed by atoms with Gasteiger partial charge in [-0.05, 0) is 27.7 Å². The largest absolute Gasteiger partial charge is 0.377 e. The van der Waals surface area contributed by atoms with Crippen LogP contribution in [-0.2, 0) is 4.74 Å². The smallest absolute Gasteiger partial charge is 0.0749 e. The zero-order valence-corrected chi connectivity index (χ0v) is 10.1. The van der Waals surface area contributed by atoms with E-state index in [0.29, 0.717) is 12.1 Å². The number of hydrogen-bond donors (Lipinski definition) is 1. The molecule has 2 unspecified atom stereocenters. The highest BCUT2D eigenvalue weighted by atomic mass is 16.5. The van der Waals surface area contributed by atoms with Gasteiger partial charge in [-0.1, -0.05) is 0 Å². The van der Waals surface area contributed by atoms with Crippen LogP contribution < -0.4 is 5.32 Å². The van der Waals surface area contributed by atoms with E-state index in [1.165, 1.54) is 0 Å². The number of piperazine rings is 1. The summed E-state index contributed by atoms with van der Waals surface area (Å²) in [7, 11) is 1.79. The molecule has 0 aromatic rings. The molecule has 0 aromatic heterocycles. The van der Waals surface area contributed by atoms with Crippen LogP contribution in [0.4, 0.5) is 0 Å². The van der Waals surface area contributed by atoms with Gasteiger partial charge in [0.05, 0.1) is 5.60 Å². The van der Waals surface area contributed by atoms with Crippen LogP contribution in [0.15, 0.2) is 0 Å². The van der Waals surface area contributed by atoms with Gasteiger partial charge in [-0.3, -0.25) is 4.90 Å². The van der Waals surface area contributed by atoms with E-state index in [0.717, 1.165) is 19.6 Å². The number of methoxy groups -OCH3 is 1. The summed E-state index contributed by atoms with van der Waals surface area (Å²) in [5.74, 6) is 0. The standard InChI is InChI=1S/C11H24N2O/c1-9-7-13(10(2)6-12-9)8-11(3,4)14-5/h9-10,12H,6-8H2,1-5H3. The first-order valence-electron chi connectivity index (χ1n) is 5.47. The Kier molecular flexibility index (Phi) is 3.93. The predicted molar refractivity (Wildman–Crippen MR) is 59.6 cm³/mol. The van der Waals surface area contributed by atoms with Crippen molar-refractivity contribution in [2.24, 2.45) is 0 Å². The SMILES string of the molecule is COC(C)(C)CN1CC(C)NCC1C. The second-order valence-corrected chi connectivity index (χ2v) is 5.05. The molecule has 1 aliphatic heterocycles. The molecule has 1 rings (SSSR count). The lowest BCUT2D eigenvalue weighted by atomic mass is 10.1. The highest BCUT2D eigenvalue weighted by Crippen LogP contribution is 2.14. The van der Waals surface area contributed by atoms with Crippen LogP contribution in [0.2, 0.25) is 0 Å². The molecule has 0 amide bonds. The molecule has 3 nitrogen and oxygen atoms in total. The molecular weight excluding hydrogens is 176 g/mol. The fourth-order valence-corrected chi connectivity index (χ4v) is 1.87. The average Bonchev–Trinajstić information content (AvgIpc) is 2.11. The molecule has 0 aliphatic carbocycles. The molecule has 14 heavy (non-hydrogen) atoms. The van der Waals surface area contributed by atoms with Crippen LogP contribution in [0.3, 0.4) is 0 Å². The molecule has 0 radical (unpaired) electrons. The quantitative estimate of drug-likeness (QED) is 0.738. The summed E-state index contributed by atoms with van der Waals surface area (Å²) in [4.78, 5) is 2.50. The van der Waals surface area contributed by atoms with E-state index in [-0.39, 0.29) is 5.60 Å². The molecule has 1 aliphatic rings. The first kappa shape index (κ1) is 12.0. The zero-order chi connectivity index (χ0) is 10.8. The van der Waals surface area contributed by atoms with Crippen molar-refractivity contribution < 1.29 is 4.74 Å². The lowest BCUT2D eigenvalue weighted by Gasteiger charge is -2.41. The topological polar surface area (TPSA) is 24.5 Å². The Bertz CT molecular complexity index is 182. The van der Waals surface area contributed by atoms with Gasteiger partial charge in [0, 0.05) is 38.8 Å². The molecule has 1 fully saturated rings. The Morgan fingerprint density at radius 3 is 2.64 bits per heavy atom. The highest BCUT2D eigenvalue weighted by Gasteiger charge is 2.28. The first-order valence-corrected chi connectivity index (χ1v) is 5.47. The average molecular weight is 200 g/mol. The molecular formula is C11H24N2O. The van der Waals surface area contributed by atoms with Gasteiger partial charge in [0.25, 0.3) is 0 Å². The fraction of sp³-hybridized carbons (Fsp3) is 1.00. The number of nitrogens with one attached hydrogen (secondary N) is 1. The van der Waals surface area contributed by atoms with Crippen molar-refractivity contribution in [3.05, 3.63) is 0 Å². The summed E-state index contributed by atoms with van der Waals surface area (Å²) >= 11 is 0. The number of hydrogen-bond acceptors (Lipinski definition) is 3. The van der Waals surface area contributed by atoms with Crippen LogP contribution in [-0.4, -0.2) is 49.3 Å². The summed E-state index contributed by atoms with van der Waals surface area (Å²) in [5.41, 5.74) is -0.0364. The Morgan fingerprint density at radius 1 is 1.43 bits per heavy atom. The summed E-state index contributed by atoms with van der Waals surface area (Å²) in [6.07, 6.45) is 0. The minimum atomic E-state index is -0.0364. The first-order chi connectivity index (χ1) is 6.44. The van der Waals surface area contributed by atoms with Crippen molar-refractivity contribution in [3.8, 4) is 0 Å². The van der Waals surface area contributed by atoms with Crippen LogP contribution in [0.1, 0.15) is 27.7 Å². The van der Waals surface area contributed by atoms with Crippen molar-refractivity contribution in [3.63, 3.8) is 0 Å². The van der Waals surface area contributed by atoms with Crippen LogP contribution in [0.5, 0.6) is 0 Å². The van der Waals surface area contributed by atoms with Gasteiger partial charge in [-0.25, -0.2) is 0 Å². The third kappa shape index (κ3) is 3.23. The lowest BCUT2D eigenvalue weighted by Crippen LogP contribution is -2.57. The molecule has 0 bridgehead atoms. The molecule has 0 aromatic carbocycles. The summed E-state index contributed by atoms with van der Waals surface area (Å²) in [6.45, 7) is 12.0. The molecule has 0 saturated carbocycles. The van der Waals surface area contributed by atoms with Gasteiger partial charge in [-0.2, -0.15) is 0 Å². The summed E-state index contributed by atoms with van der Waals surface area (Å²) < 4.78 is 5.46. The number of ether oxygens (including phenoxy) is 1. The molecule has 1 N–H and O–H groups in total. The Balaban J connectivity index is 2.49. The van der Waals surface area contributed by atoms with Crippen molar-refractivity contribution >= 4 is 0 Å². The predicted octanol–water partition coefficient (Wildman–Crippen LogP) is 1.09. The van der Waals surface area contributed by atoms with Gasteiger partial charge in [-0.15, -0.1) is 0 Å². The Morgan fingerprint density at radius 2 is 2.07 bits per heavy atom. The van der Waals surface area contributed by atoms with Crippen molar-refractivity contribution in [1.82, 2.24) is 10.2 Å². The molecule has 0 spiro atoms. The molecule has 1 heterocycles. The van der Waals surface area contributed by atoms with E-state index >= 15 is 0 Å². The summed E-state index contributed by atoms with van der Waals surface area (Å²) in [6, 6.07) is 1.21. The zero-order valence-electron chi connectivity index (χ0n) is 10.1. The van der Waals surface area contributed by atoms with Gasteiger partial charge in [0.1, 0.15) is 0 Å². The molecule has 2 atom stereocenters. The van der Waals surface area contributed by atoms with Gasteiger partial charge < -0.3 is 10.1 Å². The molecule has 84 valence electrons. The highest BCUT2D eigenvalue weighted by molar-refractivity contribution is 4.85. The normalized spacial score (nSPS) is 30.6. The fourth-order valence-electron chi connectivity index (χ4n) is 1.87. The number of nitrogens with zero attached hydrogens (tertiary/aromatic N) is 1. The monoisotopic (exact) mass is 200 g/mol. The number of rotatable bonds is 3. The van der Waals surface area contributed by atoms with E-state index < -0.39 is 0 Å². The Hall–Kier alpha value is -0.120. The molecule has 3 heteroatoms. The van der Waals surface area contributed by atoms with Gasteiger partial charge >= 0.3 is 0 Å². The van der Waals surface area contributed by atoms with Crippen LogP contribution in [0, 0.1) is 0 Å². The van der Waals surface area contributed by atoms with Crippen LogP contribution >= 0.6 is 0 Å². The van der Waals surface area contributed by atoms with E-state index in [1.54, 1.807) is 7.11 Å². The second-order valence-electron chi connectivity index (χ2n) is 5.05. The van der Waals surface area contributed by atoms with E-state index in [2.05, 4.69) is 37.9 Å². The lowest BCUT2D eigenvalue weighted by molar-refractivity contribution is -0.0237. The van der Waals surface area contributed by atoms with Gasteiger partial charge in [0.15, 0.2) is 0 Å². The summed E-state index contributed by atoms with van der Waals surface area (Å²) in [5, 5.41) is 3.48. The van der Waals surface area contributed by atoms with Crippen LogP contribution in [0.25, 0.3) is 0 Å². The maximum atomic E-state index is 5.46. The van der Waals surface area contributed by atoms with Gasteiger partial charge in [0.2, 0.25) is 0 Å². The third-order valence-electron chi connectivity index (χ3n) is 3.03. The van der Waals surface area contributed by atoms with Crippen molar-refractivity contribution in [2.45, 2.75) is 45.4 Å². The maximum absolute atomic E-state index is 5.46. The van der Waals surface area contributed by atoms with E-state index in [1.807, 2.05) is 0 Å². The second kappa shape index (κ2) is 4.60.